The van der Waals surface area contributed by atoms with Crippen molar-refractivity contribution in [1.29, 1.82) is 0 Å². The normalized spacial score (nSPS) is 34.4. The van der Waals surface area contributed by atoms with Gasteiger partial charge in [0.2, 0.25) is 5.91 Å². The van der Waals surface area contributed by atoms with Crippen LogP contribution >= 0.6 is 12.4 Å². The van der Waals surface area contributed by atoms with Gasteiger partial charge in [-0.15, -0.1) is 12.4 Å². The summed E-state index contributed by atoms with van der Waals surface area (Å²) < 4.78 is 0. The quantitative estimate of drug-likeness (QED) is 0.869. The highest BCUT2D eigenvalue weighted by Crippen LogP contribution is 2.38. The van der Waals surface area contributed by atoms with Crippen LogP contribution < -0.4 is 5.73 Å². The van der Waals surface area contributed by atoms with E-state index in [0.717, 1.165) is 31.8 Å². The van der Waals surface area contributed by atoms with Crippen molar-refractivity contribution in [3.05, 3.63) is 0 Å². The van der Waals surface area contributed by atoms with E-state index in [2.05, 4.69) is 11.8 Å². The van der Waals surface area contributed by atoms with Crippen LogP contribution in [-0.2, 0) is 4.79 Å². The first-order valence-electron chi connectivity index (χ1n) is 8.69. The van der Waals surface area contributed by atoms with E-state index in [-0.39, 0.29) is 18.3 Å². The molecule has 0 aromatic heterocycles. The fourth-order valence-corrected chi connectivity index (χ4v) is 4.82. The van der Waals surface area contributed by atoms with Crippen molar-refractivity contribution in [2.45, 2.75) is 64.3 Å². The Kier molecular flexibility index (Phi) is 5.96. The molecule has 1 saturated heterocycles. The van der Waals surface area contributed by atoms with Gasteiger partial charge in [-0.2, -0.15) is 0 Å². The maximum atomic E-state index is 12.6. The first-order chi connectivity index (χ1) is 9.65. The Bertz CT molecular complexity index is 357. The fourth-order valence-electron chi connectivity index (χ4n) is 4.82. The largest absolute Gasteiger partial charge is 0.342 e. The van der Waals surface area contributed by atoms with Crippen LogP contribution in [0.25, 0.3) is 0 Å². The second-order valence-corrected chi connectivity index (χ2v) is 7.55. The summed E-state index contributed by atoms with van der Waals surface area (Å²) in [6.45, 7) is 4.05. The smallest absolute Gasteiger partial charge is 0.225 e. The van der Waals surface area contributed by atoms with Gasteiger partial charge in [0.05, 0.1) is 0 Å². The molecule has 0 spiro atoms. The summed E-state index contributed by atoms with van der Waals surface area (Å²) in [5, 5.41) is 0. The van der Waals surface area contributed by atoms with Crippen molar-refractivity contribution in [3.8, 4) is 0 Å². The second-order valence-electron chi connectivity index (χ2n) is 7.55. The van der Waals surface area contributed by atoms with E-state index >= 15 is 0 Å². The Hall–Kier alpha value is -0.280. The first-order valence-corrected chi connectivity index (χ1v) is 8.69. The van der Waals surface area contributed by atoms with Gasteiger partial charge in [-0.3, -0.25) is 4.79 Å². The monoisotopic (exact) mass is 314 g/mol. The number of rotatable bonds is 3. The van der Waals surface area contributed by atoms with Gasteiger partial charge in [-0.1, -0.05) is 39.0 Å². The molecule has 1 amide bonds. The molecule has 4 atom stereocenters. The first kappa shape index (κ1) is 17.1. The molecule has 4 heteroatoms. The van der Waals surface area contributed by atoms with Gasteiger partial charge < -0.3 is 10.6 Å². The summed E-state index contributed by atoms with van der Waals surface area (Å²) in [7, 11) is 0. The van der Waals surface area contributed by atoms with Crippen molar-refractivity contribution >= 4 is 18.3 Å². The Balaban J connectivity index is 0.00000161. The zero-order valence-corrected chi connectivity index (χ0v) is 14.1. The highest BCUT2D eigenvalue weighted by Gasteiger charge is 2.43. The Morgan fingerprint density at radius 2 is 1.86 bits per heavy atom. The predicted octanol–water partition coefficient (Wildman–Crippen LogP) is 3.21. The van der Waals surface area contributed by atoms with Gasteiger partial charge >= 0.3 is 0 Å². The number of nitrogens with zero attached hydrogens (tertiary/aromatic N) is 1. The molecule has 4 unspecified atom stereocenters. The number of amides is 1. The number of hydrogen-bond acceptors (Lipinski definition) is 2. The third-order valence-corrected chi connectivity index (χ3v) is 6.06. The molecular formula is C17H31ClN2O. The molecular weight excluding hydrogens is 284 g/mol. The van der Waals surface area contributed by atoms with Gasteiger partial charge in [0.25, 0.3) is 0 Å². The van der Waals surface area contributed by atoms with Crippen molar-refractivity contribution in [3.63, 3.8) is 0 Å². The number of hydrogen-bond donors (Lipinski definition) is 1. The van der Waals surface area contributed by atoms with Gasteiger partial charge in [0.1, 0.15) is 0 Å². The summed E-state index contributed by atoms with van der Waals surface area (Å²) in [5.74, 6) is 2.69. The predicted molar refractivity (Wildman–Crippen MR) is 88.4 cm³/mol. The van der Waals surface area contributed by atoms with E-state index in [4.69, 9.17) is 5.73 Å². The minimum atomic E-state index is 0. The van der Waals surface area contributed by atoms with Gasteiger partial charge in [-0.05, 0) is 37.0 Å². The molecule has 0 radical (unpaired) electrons. The zero-order valence-electron chi connectivity index (χ0n) is 13.3. The number of likely N-dealkylation sites (tertiary alicyclic amines) is 1. The van der Waals surface area contributed by atoms with Crippen molar-refractivity contribution < 1.29 is 4.79 Å². The fraction of sp³-hybridized carbons (Fsp3) is 0.941. The van der Waals surface area contributed by atoms with E-state index < -0.39 is 0 Å². The number of carbonyl (C=O) groups excluding carboxylic acids is 1. The van der Waals surface area contributed by atoms with E-state index in [0.29, 0.717) is 23.8 Å². The molecule has 3 nitrogen and oxygen atoms in total. The zero-order chi connectivity index (χ0) is 14.1. The highest BCUT2D eigenvalue weighted by molar-refractivity contribution is 5.85. The summed E-state index contributed by atoms with van der Waals surface area (Å²) in [4.78, 5) is 14.8. The maximum absolute atomic E-state index is 12.6. The van der Waals surface area contributed by atoms with Crippen LogP contribution in [0.3, 0.4) is 0 Å². The summed E-state index contributed by atoms with van der Waals surface area (Å²) in [5.41, 5.74) is 6.17. The highest BCUT2D eigenvalue weighted by atomic mass is 35.5. The molecule has 1 aliphatic heterocycles. The minimum Gasteiger partial charge on any atom is -0.342 e. The van der Waals surface area contributed by atoms with Crippen LogP contribution in [0.4, 0.5) is 0 Å². The van der Waals surface area contributed by atoms with E-state index in [1.54, 1.807) is 0 Å². The Morgan fingerprint density at radius 1 is 1.14 bits per heavy atom. The molecule has 21 heavy (non-hydrogen) atoms. The molecule has 3 fully saturated rings. The van der Waals surface area contributed by atoms with Crippen LogP contribution in [0.15, 0.2) is 0 Å². The van der Waals surface area contributed by atoms with E-state index in [1.807, 2.05) is 0 Å². The Labute approximate surface area is 135 Å². The third kappa shape index (κ3) is 3.73. The van der Waals surface area contributed by atoms with Crippen LogP contribution in [0.2, 0.25) is 0 Å². The van der Waals surface area contributed by atoms with Crippen LogP contribution in [0.1, 0.15) is 58.3 Å². The summed E-state index contributed by atoms with van der Waals surface area (Å²) in [6, 6.07) is 0.339. The molecule has 0 aromatic rings. The van der Waals surface area contributed by atoms with Crippen LogP contribution in [0, 0.1) is 23.7 Å². The van der Waals surface area contributed by atoms with Crippen molar-refractivity contribution in [1.82, 2.24) is 4.90 Å². The number of carbonyl (C=O) groups is 1. The lowest BCUT2D eigenvalue weighted by molar-refractivity contribution is -0.134. The summed E-state index contributed by atoms with van der Waals surface area (Å²) >= 11 is 0. The molecule has 2 aliphatic carbocycles. The number of nitrogens with two attached hydrogens (primary N) is 1. The average molecular weight is 315 g/mol. The topological polar surface area (TPSA) is 46.3 Å². The maximum Gasteiger partial charge on any atom is 0.225 e. The molecule has 2 saturated carbocycles. The number of fused-ring (bicyclic) bond motifs is 1. The lowest BCUT2D eigenvalue weighted by Gasteiger charge is -2.27. The van der Waals surface area contributed by atoms with E-state index in [9.17, 15) is 4.79 Å². The molecule has 3 rings (SSSR count). The average Bonchev–Trinajstić information content (AvgIpc) is 3.02. The van der Waals surface area contributed by atoms with Crippen molar-refractivity contribution in [2.75, 3.05) is 13.1 Å². The molecule has 122 valence electrons. The van der Waals surface area contributed by atoms with Crippen LogP contribution in [0.5, 0.6) is 0 Å². The molecule has 3 aliphatic rings. The van der Waals surface area contributed by atoms with Crippen molar-refractivity contribution in [2.24, 2.45) is 29.4 Å². The standard InChI is InChI=1S/C17H30N2O.ClH/c1-12(9-13-5-3-2-4-6-13)17(20)19-10-14-7-8-16(18)15(14)11-19;/h12-16H,2-11,18H2,1H3;1H. The molecule has 0 bridgehead atoms. The molecule has 1 heterocycles. The second kappa shape index (κ2) is 7.32. The third-order valence-electron chi connectivity index (χ3n) is 6.06. The van der Waals surface area contributed by atoms with Crippen LogP contribution in [-0.4, -0.2) is 29.9 Å². The van der Waals surface area contributed by atoms with Gasteiger partial charge in [0, 0.05) is 25.0 Å². The molecule has 0 aromatic carbocycles. The Morgan fingerprint density at radius 3 is 2.52 bits per heavy atom. The van der Waals surface area contributed by atoms with Gasteiger partial charge in [0.15, 0.2) is 0 Å². The lowest BCUT2D eigenvalue weighted by atomic mass is 9.83. The summed E-state index contributed by atoms with van der Waals surface area (Å²) in [6.07, 6.45) is 10.3. The lowest BCUT2D eigenvalue weighted by Crippen LogP contribution is -2.37. The minimum absolute atomic E-state index is 0. The molecule has 2 N–H and O–H groups in total. The SMILES string of the molecule is CC(CC1CCCCC1)C(=O)N1CC2CCC(N)C2C1.Cl. The van der Waals surface area contributed by atoms with E-state index in [1.165, 1.54) is 38.5 Å². The number of halogens is 1. The van der Waals surface area contributed by atoms with Gasteiger partial charge in [-0.25, -0.2) is 0 Å².